The molecule has 1 aromatic rings. The number of aromatic nitrogens is 2. The molecule has 0 unspecified atom stereocenters. The third-order valence-electron chi connectivity index (χ3n) is 1.47. The molecular formula is C8H9F3N2O2. The highest BCUT2D eigenvalue weighted by Crippen LogP contribution is 2.16. The molecule has 1 aromatic heterocycles. The Bertz CT molecular complexity index is 346. The van der Waals surface area contributed by atoms with Crippen LogP contribution in [-0.2, 0) is 11.3 Å². The summed E-state index contributed by atoms with van der Waals surface area (Å²) in [5.74, 6) is -0.724. The highest BCUT2D eigenvalue weighted by Gasteiger charge is 2.28. The van der Waals surface area contributed by atoms with Gasteiger partial charge >= 0.3 is 12.1 Å². The Morgan fingerprint density at radius 1 is 1.60 bits per heavy atom. The van der Waals surface area contributed by atoms with Gasteiger partial charge in [0.1, 0.15) is 6.54 Å². The number of hydrogen-bond donors (Lipinski definition) is 0. The van der Waals surface area contributed by atoms with Crippen LogP contribution in [0.15, 0.2) is 12.3 Å². The van der Waals surface area contributed by atoms with Crippen molar-refractivity contribution >= 4 is 5.97 Å². The van der Waals surface area contributed by atoms with Crippen molar-refractivity contribution < 1.29 is 22.7 Å². The third-order valence-corrected chi connectivity index (χ3v) is 1.47. The molecule has 0 saturated carbocycles. The summed E-state index contributed by atoms with van der Waals surface area (Å²) in [7, 11) is 0. The van der Waals surface area contributed by atoms with Crippen LogP contribution in [0.2, 0.25) is 0 Å². The van der Waals surface area contributed by atoms with Crippen LogP contribution in [0.4, 0.5) is 13.2 Å². The minimum atomic E-state index is -4.35. The van der Waals surface area contributed by atoms with Crippen molar-refractivity contribution in [3.8, 4) is 0 Å². The first kappa shape index (κ1) is 11.5. The van der Waals surface area contributed by atoms with Crippen molar-refractivity contribution in [2.24, 2.45) is 0 Å². The van der Waals surface area contributed by atoms with E-state index in [2.05, 4.69) is 9.84 Å². The SMILES string of the molecule is CCOC(=O)c1ccn(CC(F)(F)F)n1. The van der Waals surface area contributed by atoms with Crippen LogP contribution < -0.4 is 0 Å². The maximum atomic E-state index is 11.9. The van der Waals surface area contributed by atoms with Gasteiger partial charge in [-0.3, -0.25) is 4.68 Å². The van der Waals surface area contributed by atoms with Crippen LogP contribution in [0.3, 0.4) is 0 Å². The molecule has 0 saturated heterocycles. The van der Waals surface area contributed by atoms with E-state index in [4.69, 9.17) is 0 Å². The molecule has 0 aromatic carbocycles. The summed E-state index contributed by atoms with van der Waals surface area (Å²) in [6, 6.07) is 1.18. The van der Waals surface area contributed by atoms with E-state index in [1.807, 2.05) is 0 Å². The molecule has 0 atom stereocenters. The highest BCUT2D eigenvalue weighted by atomic mass is 19.4. The second-order valence-corrected chi connectivity index (χ2v) is 2.73. The van der Waals surface area contributed by atoms with E-state index < -0.39 is 18.7 Å². The van der Waals surface area contributed by atoms with Crippen LogP contribution >= 0.6 is 0 Å². The number of alkyl halides is 3. The van der Waals surface area contributed by atoms with E-state index in [9.17, 15) is 18.0 Å². The van der Waals surface area contributed by atoms with Crippen molar-refractivity contribution in [1.82, 2.24) is 9.78 Å². The number of ether oxygens (including phenoxy) is 1. The largest absolute Gasteiger partial charge is 0.461 e. The molecule has 0 radical (unpaired) electrons. The number of carbonyl (C=O) groups is 1. The number of hydrogen-bond acceptors (Lipinski definition) is 3. The fraction of sp³-hybridized carbons (Fsp3) is 0.500. The normalized spacial score (nSPS) is 11.5. The van der Waals surface area contributed by atoms with Crippen LogP contribution in [0.1, 0.15) is 17.4 Å². The Labute approximate surface area is 83.6 Å². The zero-order valence-corrected chi connectivity index (χ0v) is 7.91. The molecule has 1 rings (SSSR count). The van der Waals surface area contributed by atoms with Gasteiger partial charge in [-0.05, 0) is 13.0 Å². The van der Waals surface area contributed by atoms with E-state index in [-0.39, 0.29) is 12.3 Å². The van der Waals surface area contributed by atoms with Gasteiger partial charge in [-0.2, -0.15) is 18.3 Å². The second kappa shape index (κ2) is 4.33. The van der Waals surface area contributed by atoms with Crippen molar-refractivity contribution in [2.75, 3.05) is 6.61 Å². The zero-order chi connectivity index (χ0) is 11.5. The van der Waals surface area contributed by atoms with Crippen LogP contribution in [0, 0.1) is 0 Å². The fourth-order valence-corrected chi connectivity index (χ4v) is 0.947. The second-order valence-electron chi connectivity index (χ2n) is 2.73. The van der Waals surface area contributed by atoms with Crippen molar-refractivity contribution in [3.63, 3.8) is 0 Å². The topological polar surface area (TPSA) is 44.1 Å². The third kappa shape index (κ3) is 3.61. The van der Waals surface area contributed by atoms with Gasteiger partial charge in [0.15, 0.2) is 5.69 Å². The lowest BCUT2D eigenvalue weighted by molar-refractivity contribution is -0.142. The Morgan fingerprint density at radius 2 is 2.27 bits per heavy atom. The summed E-state index contributed by atoms with van der Waals surface area (Å²) in [6.07, 6.45) is -3.27. The quantitative estimate of drug-likeness (QED) is 0.730. The molecule has 1 heterocycles. The Morgan fingerprint density at radius 3 is 2.80 bits per heavy atom. The summed E-state index contributed by atoms with van der Waals surface area (Å²) in [5, 5.41) is 3.44. The van der Waals surface area contributed by atoms with Gasteiger partial charge in [0.05, 0.1) is 6.61 Å². The van der Waals surface area contributed by atoms with Gasteiger partial charge in [0, 0.05) is 6.20 Å². The van der Waals surface area contributed by atoms with Gasteiger partial charge in [-0.15, -0.1) is 0 Å². The van der Waals surface area contributed by atoms with Crippen LogP contribution in [0.25, 0.3) is 0 Å². The molecule has 15 heavy (non-hydrogen) atoms. The lowest BCUT2D eigenvalue weighted by Crippen LogP contribution is -2.18. The standard InChI is InChI=1S/C8H9F3N2O2/c1-2-15-7(14)6-3-4-13(12-6)5-8(9,10)11/h3-4H,2,5H2,1H3. The minimum Gasteiger partial charge on any atom is -0.461 e. The lowest BCUT2D eigenvalue weighted by Gasteiger charge is -2.05. The number of halogens is 3. The maximum Gasteiger partial charge on any atom is 0.408 e. The monoisotopic (exact) mass is 222 g/mol. The summed E-state index contributed by atoms with van der Waals surface area (Å²) in [6.45, 7) is 0.544. The lowest BCUT2D eigenvalue weighted by atomic mass is 10.4. The van der Waals surface area contributed by atoms with Gasteiger partial charge in [0.25, 0.3) is 0 Å². The molecule has 0 spiro atoms. The summed E-state index contributed by atoms with van der Waals surface area (Å²) >= 11 is 0. The minimum absolute atomic E-state index is 0.124. The first-order chi connectivity index (χ1) is 6.92. The van der Waals surface area contributed by atoms with Crippen molar-refractivity contribution in [3.05, 3.63) is 18.0 Å². The molecule has 0 aliphatic rings. The molecule has 0 amide bonds. The first-order valence-electron chi connectivity index (χ1n) is 4.19. The Kier molecular flexibility index (Phi) is 3.33. The molecule has 0 N–H and O–H groups in total. The van der Waals surface area contributed by atoms with Crippen LogP contribution in [-0.4, -0.2) is 28.5 Å². The Hall–Kier alpha value is -1.53. The highest BCUT2D eigenvalue weighted by molar-refractivity contribution is 5.86. The van der Waals surface area contributed by atoms with Gasteiger partial charge in [-0.25, -0.2) is 4.79 Å². The zero-order valence-electron chi connectivity index (χ0n) is 7.91. The molecule has 0 bridgehead atoms. The molecule has 0 aliphatic heterocycles. The van der Waals surface area contributed by atoms with E-state index in [1.165, 1.54) is 6.07 Å². The van der Waals surface area contributed by atoms with E-state index in [1.54, 1.807) is 6.92 Å². The maximum absolute atomic E-state index is 11.9. The predicted molar refractivity (Wildman–Crippen MR) is 44.2 cm³/mol. The van der Waals surface area contributed by atoms with Crippen molar-refractivity contribution in [1.29, 1.82) is 0 Å². The average molecular weight is 222 g/mol. The number of carbonyl (C=O) groups excluding carboxylic acids is 1. The van der Waals surface area contributed by atoms with E-state index in [0.717, 1.165) is 6.20 Å². The van der Waals surface area contributed by atoms with E-state index in [0.29, 0.717) is 4.68 Å². The molecule has 0 fully saturated rings. The van der Waals surface area contributed by atoms with Crippen LogP contribution in [0.5, 0.6) is 0 Å². The smallest absolute Gasteiger partial charge is 0.408 e. The Balaban J connectivity index is 2.68. The van der Waals surface area contributed by atoms with E-state index >= 15 is 0 Å². The van der Waals surface area contributed by atoms with Gasteiger partial charge in [-0.1, -0.05) is 0 Å². The number of esters is 1. The molecule has 7 heteroatoms. The summed E-state index contributed by atoms with van der Waals surface area (Å²) in [5.41, 5.74) is -0.124. The number of nitrogens with zero attached hydrogens (tertiary/aromatic N) is 2. The van der Waals surface area contributed by atoms with Gasteiger partial charge < -0.3 is 4.74 Å². The van der Waals surface area contributed by atoms with Crippen molar-refractivity contribution in [2.45, 2.75) is 19.6 Å². The summed E-state index contributed by atoms with van der Waals surface area (Å²) < 4.78 is 41.0. The van der Waals surface area contributed by atoms with Gasteiger partial charge in [0.2, 0.25) is 0 Å². The fourth-order valence-electron chi connectivity index (χ4n) is 0.947. The predicted octanol–water partition coefficient (Wildman–Crippen LogP) is 1.62. The first-order valence-corrected chi connectivity index (χ1v) is 4.19. The molecule has 84 valence electrons. The molecule has 0 aliphatic carbocycles. The molecular weight excluding hydrogens is 213 g/mol. The number of rotatable bonds is 3. The average Bonchev–Trinajstić information content (AvgIpc) is 2.50. The summed E-state index contributed by atoms with van der Waals surface area (Å²) in [4.78, 5) is 11.0. The molecule has 4 nitrogen and oxygen atoms in total.